The zero-order chi connectivity index (χ0) is 24.4. The van der Waals surface area contributed by atoms with Crippen LogP contribution in [0, 0.1) is 13.8 Å². The molecule has 0 aromatic heterocycles. The van der Waals surface area contributed by atoms with Gasteiger partial charge in [0, 0.05) is 10.0 Å². The van der Waals surface area contributed by atoms with E-state index in [2.05, 4.69) is 37.2 Å². The monoisotopic (exact) mass is 582 g/mol. The molecule has 172 valence electrons. The third-order valence-electron chi connectivity index (χ3n) is 5.46. The molecule has 0 atom stereocenters. The highest BCUT2D eigenvalue weighted by atomic mass is 79.9. The number of hydrogen-bond donors (Lipinski definition) is 1. The lowest BCUT2D eigenvalue weighted by Gasteiger charge is -2.26. The number of urea groups is 1. The SMILES string of the molecule is Cc1ccc(N2C(=O)NC(=O)/C(=C\c3ccc(OCc4ccccc4Br)c(Br)c3)C2=O)cc1C. The Bertz CT molecular complexity index is 1350. The molecule has 0 aliphatic carbocycles. The van der Waals surface area contributed by atoms with E-state index in [0.717, 1.165) is 26.1 Å². The fourth-order valence-electron chi connectivity index (χ4n) is 3.42. The number of benzene rings is 3. The van der Waals surface area contributed by atoms with Gasteiger partial charge in [0.1, 0.15) is 17.9 Å². The van der Waals surface area contributed by atoms with E-state index in [1.54, 1.807) is 30.3 Å². The van der Waals surface area contributed by atoms with Gasteiger partial charge in [-0.25, -0.2) is 9.69 Å². The van der Waals surface area contributed by atoms with E-state index in [1.165, 1.54) is 6.08 Å². The van der Waals surface area contributed by atoms with Gasteiger partial charge in [-0.05, 0) is 82.9 Å². The summed E-state index contributed by atoms with van der Waals surface area (Å²) >= 11 is 6.99. The van der Waals surface area contributed by atoms with E-state index in [-0.39, 0.29) is 5.57 Å². The van der Waals surface area contributed by atoms with Gasteiger partial charge in [-0.2, -0.15) is 0 Å². The quantitative estimate of drug-likeness (QED) is 0.292. The lowest BCUT2D eigenvalue weighted by Crippen LogP contribution is -2.54. The second-order valence-corrected chi connectivity index (χ2v) is 9.51. The molecule has 1 fully saturated rings. The molecule has 0 radical (unpaired) electrons. The van der Waals surface area contributed by atoms with Crippen LogP contribution in [-0.2, 0) is 16.2 Å². The number of rotatable bonds is 5. The standard InChI is InChI=1S/C26H20Br2N2O4/c1-15-7-9-19(11-16(15)2)30-25(32)20(24(31)29-26(30)33)12-17-8-10-23(22(28)13-17)34-14-18-5-3-4-6-21(18)27/h3-13H,14H2,1-2H3,(H,29,31,33)/b20-12+. The minimum atomic E-state index is -0.771. The number of carbonyl (C=O) groups is 3. The second-order valence-electron chi connectivity index (χ2n) is 7.80. The first-order valence-corrected chi connectivity index (χ1v) is 12.0. The lowest BCUT2D eigenvalue weighted by atomic mass is 10.1. The molecule has 3 aromatic carbocycles. The Morgan fingerprint density at radius 1 is 0.912 bits per heavy atom. The average Bonchev–Trinajstić information content (AvgIpc) is 2.79. The van der Waals surface area contributed by atoms with Crippen molar-refractivity contribution in [3.05, 3.63) is 97.4 Å². The number of nitrogens with zero attached hydrogens (tertiary/aromatic N) is 1. The largest absolute Gasteiger partial charge is 0.488 e. The third-order valence-corrected chi connectivity index (χ3v) is 6.85. The molecule has 1 N–H and O–H groups in total. The molecule has 0 spiro atoms. The Labute approximate surface area is 213 Å². The van der Waals surface area contributed by atoms with Crippen LogP contribution in [0.5, 0.6) is 5.75 Å². The molecule has 34 heavy (non-hydrogen) atoms. The normalized spacial score (nSPS) is 15.0. The van der Waals surface area contributed by atoms with Crippen molar-refractivity contribution < 1.29 is 19.1 Å². The van der Waals surface area contributed by atoms with Gasteiger partial charge in [0.25, 0.3) is 11.8 Å². The van der Waals surface area contributed by atoms with Crippen LogP contribution in [-0.4, -0.2) is 17.8 Å². The molecule has 1 heterocycles. The molecule has 0 saturated carbocycles. The molecule has 6 nitrogen and oxygen atoms in total. The van der Waals surface area contributed by atoms with Crippen LogP contribution in [0.15, 0.2) is 75.2 Å². The predicted molar refractivity (Wildman–Crippen MR) is 138 cm³/mol. The number of halogens is 2. The summed E-state index contributed by atoms with van der Waals surface area (Å²) in [5, 5.41) is 2.25. The van der Waals surface area contributed by atoms with Gasteiger partial charge in [-0.15, -0.1) is 0 Å². The van der Waals surface area contributed by atoms with E-state index < -0.39 is 17.8 Å². The van der Waals surface area contributed by atoms with Crippen molar-refractivity contribution in [2.75, 3.05) is 4.90 Å². The minimum absolute atomic E-state index is 0.133. The Morgan fingerprint density at radius 3 is 2.38 bits per heavy atom. The number of imide groups is 2. The van der Waals surface area contributed by atoms with Crippen molar-refractivity contribution in [3.63, 3.8) is 0 Å². The molecule has 4 amide bonds. The first-order valence-electron chi connectivity index (χ1n) is 10.4. The van der Waals surface area contributed by atoms with E-state index >= 15 is 0 Å². The maximum absolute atomic E-state index is 13.1. The smallest absolute Gasteiger partial charge is 0.335 e. The molecular formula is C26H20Br2N2O4. The number of barbiturate groups is 1. The number of aryl methyl sites for hydroxylation is 2. The van der Waals surface area contributed by atoms with Crippen LogP contribution in [0.25, 0.3) is 6.08 Å². The minimum Gasteiger partial charge on any atom is -0.488 e. The fraction of sp³-hybridized carbons (Fsp3) is 0.115. The molecule has 0 bridgehead atoms. The molecule has 8 heteroatoms. The van der Waals surface area contributed by atoms with E-state index in [1.807, 2.05) is 44.2 Å². The third kappa shape index (κ3) is 4.98. The number of amides is 4. The second kappa shape index (κ2) is 9.95. The number of anilines is 1. The number of nitrogens with one attached hydrogen (secondary N) is 1. The van der Waals surface area contributed by atoms with Crippen LogP contribution >= 0.6 is 31.9 Å². The zero-order valence-corrected chi connectivity index (χ0v) is 21.6. The highest BCUT2D eigenvalue weighted by Gasteiger charge is 2.36. The van der Waals surface area contributed by atoms with Crippen LogP contribution in [0.2, 0.25) is 0 Å². The van der Waals surface area contributed by atoms with Gasteiger partial charge in [0.05, 0.1) is 10.2 Å². The van der Waals surface area contributed by atoms with Crippen molar-refractivity contribution >= 4 is 61.5 Å². The van der Waals surface area contributed by atoms with Gasteiger partial charge in [-0.1, -0.05) is 46.3 Å². The van der Waals surface area contributed by atoms with Crippen LogP contribution in [0.1, 0.15) is 22.3 Å². The topological polar surface area (TPSA) is 75.7 Å². The Hall–Kier alpha value is -3.23. The molecule has 1 aliphatic rings. The Morgan fingerprint density at radius 2 is 1.68 bits per heavy atom. The summed E-state index contributed by atoms with van der Waals surface area (Å²) in [6.07, 6.45) is 1.46. The van der Waals surface area contributed by atoms with Crippen LogP contribution < -0.4 is 15.0 Å². The Balaban J connectivity index is 1.58. The van der Waals surface area contributed by atoms with Gasteiger partial charge >= 0.3 is 6.03 Å². The molecule has 0 unspecified atom stereocenters. The maximum atomic E-state index is 13.1. The van der Waals surface area contributed by atoms with Gasteiger partial charge in [-0.3, -0.25) is 14.9 Å². The van der Waals surface area contributed by atoms with Crippen molar-refractivity contribution in [3.8, 4) is 5.75 Å². The van der Waals surface area contributed by atoms with E-state index in [9.17, 15) is 14.4 Å². The summed E-state index contributed by atoms with van der Waals surface area (Å²) in [6, 6.07) is 17.5. The molecular weight excluding hydrogens is 564 g/mol. The van der Waals surface area contributed by atoms with Crippen LogP contribution in [0.3, 0.4) is 0 Å². The molecule has 4 rings (SSSR count). The van der Waals surface area contributed by atoms with Gasteiger partial charge in [0.2, 0.25) is 0 Å². The summed E-state index contributed by atoms with van der Waals surface area (Å²) in [7, 11) is 0. The first-order chi connectivity index (χ1) is 16.2. The molecule has 1 aliphatic heterocycles. The molecule has 3 aromatic rings. The highest BCUT2D eigenvalue weighted by molar-refractivity contribution is 9.10. The van der Waals surface area contributed by atoms with E-state index in [4.69, 9.17) is 4.74 Å². The number of ether oxygens (including phenoxy) is 1. The van der Waals surface area contributed by atoms with Crippen molar-refractivity contribution in [2.45, 2.75) is 20.5 Å². The van der Waals surface area contributed by atoms with Crippen molar-refractivity contribution in [1.82, 2.24) is 5.32 Å². The number of carbonyl (C=O) groups excluding carboxylic acids is 3. The summed E-state index contributed by atoms with van der Waals surface area (Å²) < 4.78 is 7.53. The highest BCUT2D eigenvalue weighted by Crippen LogP contribution is 2.30. The van der Waals surface area contributed by atoms with Gasteiger partial charge in [0.15, 0.2) is 0 Å². The van der Waals surface area contributed by atoms with Crippen molar-refractivity contribution in [2.24, 2.45) is 0 Å². The van der Waals surface area contributed by atoms with Gasteiger partial charge < -0.3 is 4.74 Å². The Kier molecular flexibility index (Phi) is 7.00. The summed E-state index contributed by atoms with van der Waals surface area (Å²) in [5.41, 5.74) is 3.84. The first kappa shape index (κ1) is 23.9. The summed E-state index contributed by atoms with van der Waals surface area (Å²) in [5.74, 6) is -0.799. The summed E-state index contributed by atoms with van der Waals surface area (Å²) in [6.45, 7) is 4.20. The summed E-state index contributed by atoms with van der Waals surface area (Å²) in [4.78, 5) is 39.0. The van der Waals surface area contributed by atoms with E-state index in [0.29, 0.717) is 28.1 Å². The fourth-order valence-corrected chi connectivity index (χ4v) is 4.33. The number of hydrogen-bond acceptors (Lipinski definition) is 4. The van der Waals surface area contributed by atoms with Crippen LogP contribution in [0.4, 0.5) is 10.5 Å². The average molecular weight is 584 g/mol. The van der Waals surface area contributed by atoms with Crippen molar-refractivity contribution in [1.29, 1.82) is 0 Å². The maximum Gasteiger partial charge on any atom is 0.335 e. The predicted octanol–water partition coefficient (Wildman–Crippen LogP) is 6.07. The molecule has 1 saturated heterocycles. The zero-order valence-electron chi connectivity index (χ0n) is 18.4. The lowest BCUT2D eigenvalue weighted by molar-refractivity contribution is -0.122.